The number of guanidine groups is 1. The molecule has 0 spiro atoms. The number of hydrogen-bond acceptors (Lipinski definition) is 5. The molecular weight excluding hydrogens is 322 g/mol. The number of hydrogen-bond donors (Lipinski definition) is 3. The van der Waals surface area contributed by atoms with E-state index in [4.69, 9.17) is 9.15 Å². The van der Waals surface area contributed by atoms with Crippen molar-refractivity contribution in [3.63, 3.8) is 0 Å². The molecule has 1 amide bonds. The maximum Gasteiger partial charge on any atom is 0.239 e. The van der Waals surface area contributed by atoms with Gasteiger partial charge in [-0.2, -0.15) is 0 Å². The highest BCUT2D eigenvalue weighted by Gasteiger charge is 2.07. The van der Waals surface area contributed by atoms with Gasteiger partial charge in [0, 0.05) is 26.3 Å². The van der Waals surface area contributed by atoms with Crippen molar-refractivity contribution in [2.45, 2.75) is 6.54 Å². The third-order valence-corrected chi connectivity index (χ3v) is 3.28. The van der Waals surface area contributed by atoms with Crippen LogP contribution in [-0.2, 0) is 16.1 Å². The number of nitrogens with one attached hydrogen (secondary N) is 3. The molecule has 0 unspecified atom stereocenters. The maximum atomic E-state index is 11.6. The summed E-state index contributed by atoms with van der Waals surface area (Å²) >= 11 is 0. The first-order valence-corrected chi connectivity index (χ1v) is 7.93. The summed E-state index contributed by atoms with van der Waals surface area (Å²) in [6.45, 7) is 1.51. The molecule has 0 saturated carbocycles. The van der Waals surface area contributed by atoms with Crippen molar-refractivity contribution in [2.24, 2.45) is 4.99 Å². The van der Waals surface area contributed by atoms with E-state index in [9.17, 15) is 4.79 Å². The molecule has 0 bridgehead atoms. The number of carbonyl (C=O) groups is 1. The summed E-state index contributed by atoms with van der Waals surface area (Å²) in [6.07, 6.45) is 1.60. The second-order valence-corrected chi connectivity index (χ2v) is 5.13. The SMILES string of the molecule is CN=C(NCC(=O)NCCOC)NCc1coc(-c2ccccc2)n1. The van der Waals surface area contributed by atoms with Crippen LogP contribution in [0.2, 0.25) is 0 Å². The Kier molecular flexibility index (Phi) is 7.45. The molecule has 0 saturated heterocycles. The zero-order valence-corrected chi connectivity index (χ0v) is 14.4. The fraction of sp³-hybridized carbons (Fsp3) is 0.353. The Hall–Kier alpha value is -2.87. The van der Waals surface area contributed by atoms with Gasteiger partial charge in [-0.05, 0) is 12.1 Å². The van der Waals surface area contributed by atoms with Gasteiger partial charge in [0.1, 0.15) is 6.26 Å². The van der Waals surface area contributed by atoms with Crippen LogP contribution in [0.3, 0.4) is 0 Å². The van der Waals surface area contributed by atoms with Gasteiger partial charge in [-0.15, -0.1) is 0 Å². The molecule has 1 heterocycles. The van der Waals surface area contributed by atoms with Gasteiger partial charge in [-0.1, -0.05) is 18.2 Å². The second-order valence-electron chi connectivity index (χ2n) is 5.13. The number of aliphatic imine (C=N–C) groups is 1. The van der Waals surface area contributed by atoms with Crippen molar-refractivity contribution < 1.29 is 13.9 Å². The fourth-order valence-electron chi connectivity index (χ4n) is 2.02. The number of nitrogens with zero attached hydrogens (tertiary/aromatic N) is 2. The van der Waals surface area contributed by atoms with Gasteiger partial charge < -0.3 is 25.1 Å². The molecule has 8 nitrogen and oxygen atoms in total. The van der Waals surface area contributed by atoms with Crippen LogP contribution in [0.15, 0.2) is 46.0 Å². The lowest BCUT2D eigenvalue weighted by atomic mass is 10.2. The number of methoxy groups -OCH3 is 1. The van der Waals surface area contributed by atoms with Crippen molar-refractivity contribution >= 4 is 11.9 Å². The van der Waals surface area contributed by atoms with Gasteiger partial charge in [0.2, 0.25) is 11.8 Å². The number of oxazole rings is 1. The number of aromatic nitrogens is 1. The van der Waals surface area contributed by atoms with Crippen LogP contribution < -0.4 is 16.0 Å². The Morgan fingerprint density at radius 1 is 1.24 bits per heavy atom. The van der Waals surface area contributed by atoms with Crippen molar-refractivity contribution in [1.82, 2.24) is 20.9 Å². The summed E-state index contributed by atoms with van der Waals surface area (Å²) in [7, 11) is 3.22. The Balaban J connectivity index is 1.77. The van der Waals surface area contributed by atoms with Crippen LogP contribution in [-0.4, -0.2) is 50.7 Å². The Morgan fingerprint density at radius 2 is 2.04 bits per heavy atom. The van der Waals surface area contributed by atoms with E-state index < -0.39 is 0 Å². The van der Waals surface area contributed by atoms with E-state index in [1.54, 1.807) is 20.4 Å². The van der Waals surface area contributed by atoms with Gasteiger partial charge in [-0.25, -0.2) is 4.98 Å². The lowest BCUT2D eigenvalue weighted by Gasteiger charge is -2.10. The van der Waals surface area contributed by atoms with Crippen molar-refractivity contribution in [1.29, 1.82) is 0 Å². The Labute approximate surface area is 146 Å². The lowest BCUT2D eigenvalue weighted by molar-refractivity contribution is -0.120. The van der Waals surface area contributed by atoms with E-state index in [-0.39, 0.29) is 12.5 Å². The first kappa shape index (κ1) is 18.5. The molecule has 0 aliphatic carbocycles. The second kappa shape index (κ2) is 10.1. The van der Waals surface area contributed by atoms with Crippen LogP contribution in [0.5, 0.6) is 0 Å². The zero-order valence-electron chi connectivity index (χ0n) is 14.4. The van der Waals surface area contributed by atoms with E-state index in [0.717, 1.165) is 11.3 Å². The number of benzene rings is 1. The topological polar surface area (TPSA) is 101 Å². The van der Waals surface area contributed by atoms with Crippen LogP contribution >= 0.6 is 0 Å². The zero-order chi connectivity index (χ0) is 17.9. The van der Waals surface area contributed by atoms with Gasteiger partial charge in [0.25, 0.3) is 0 Å². The summed E-state index contributed by atoms with van der Waals surface area (Å²) in [6, 6.07) is 9.68. The summed E-state index contributed by atoms with van der Waals surface area (Å²) < 4.78 is 10.4. The predicted octanol–water partition coefficient (Wildman–Crippen LogP) is 0.769. The van der Waals surface area contributed by atoms with E-state index in [0.29, 0.717) is 31.5 Å². The normalized spacial score (nSPS) is 11.2. The Bertz CT molecular complexity index is 685. The van der Waals surface area contributed by atoms with E-state index in [1.807, 2.05) is 30.3 Å². The minimum absolute atomic E-state index is 0.122. The highest BCUT2D eigenvalue weighted by atomic mass is 16.5. The average molecular weight is 345 g/mol. The molecule has 0 atom stereocenters. The molecular formula is C17H23N5O3. The first-order valence-electron chi connectivity index (χ1n) is 7.93. The number of ether oxygens (including phenoxy) is 1. The molecule has 8 heteroatoms. The summed E-state index contributed by atoms with van der Waals surface area (Å²) in [5.41, 5.74) is 1.66. The predicted molar refractivity (Wildman–Crippen MR) is 95.0 cm³/mol. The summed E-state index contributed by atoms with van der Waals surface area (Å²) in [5, 5.41) is 8.74. The Morgan fingerprint density at radius 3 is 2.76 bits per heavy atom. The molecule has 1 aromatic heterocycles. The van der Waals surface area contributed by atoms with Crippen molar-refractivity contribution in [3.05, 3.63) is 42.3 Å². The van der Waals surface area contributed by atoms with Gasteiger partial charge in [-0.3, -0.25) is 9.79 Å². The van der Waals surface area contributed by atoms with Crippen molar-refractivity contribution in [3.8, 4) is 11.5 Å². The van der Waals surface area contributed by atoms with E-state index in [1.165, 1.54) is 0 Å². The maximum absolute atomic E-state index is 11.6. The highest BCUT2D eigenvalue weighted by Crippen LogP contribution is 2.17. The minimum Gasteiger partial charge on any atom is -0.444 e. The number of rotatable bonds is 8. The third-order valence-electron chi connectivity index (χ3n) is 3.28. The molecule has 0 fully saturated rings. The first-order chi connectivity index (χ1) is 12.2. The van der Waals surface area contributed by atoms with Gasteiger partial charge in [0.05, 0.1) is 25.4 Å². The van der Waals surface area contributed by atoms with Crippen LogP contribution in [0.1, 0.15) is 5.69 Å². The van der Waals surface area contributed by atoms with Gasteiger partial charge >= 0.3 is 0 Å². The quantitative estimate of drug-likeness (QED) is 0.371. The number of amides is 1. The molecule has 0 aliphatic heterocycles. The fourth-order valence-corrected chi connectivity index (χ4v) is 2.02. The molecule has 0 aliphatic rings. The molecule has 134 valence electrons. The van der Waals surface area contributed by atoms with Gasteiger partial charge in [0.15, 0.2) is 5.96 Å². The molecule has 2 rings (SSSR count). The van der Waals surface area contributed by atoms with Crippen molar-refractivity contribution in [2.75, 3.05) is 33.9 Å². The third kappa shape index (κ3) is 6.27. The molecule has 3 N–H and O–H groups in total. The summed E-state index contributed by atoms with van der Waals surface area (Å²) in [4.78, 5) is 20.1. The lowest BCUT2D eigenvalue weighted by Crippen LogP contribution is -2.43. The van der Waals surface area contributed by atoms with Crippen LogP contribution in [0.25, 0.3) is 11.5 Å². The molecule has 2 aromatic rings. The van der Waals surface area contributed by atoms with E-state index in [2.05, 4.69) is 25.9 Å². The monoisotopic (exact) mass is 345 g/mol. The van der Waals surface area contributed by atoms with Crippen LogP contribution in [0, 0.1) is 0 Å². The number of carbonyl (C=O) groups excluding carboxylic acids is 1. The molecule has 25 heavy (non-hydrogen) atoms. The molecule has 0 radical (unpaired) electrons. The largest absolute Gasteiger partial charge is 0.444 e. The van der Waals surface area contributed by atoms with Crippen LogP contribution in [0.4, 0.5) is 0 Å². The standard InChI is InChI=1S/C17H23N5O3/c1-18-17(21-11-15(23)19-8-9-24-2)20-10-14-12-25-16(22-14)13-6-4-3-5-7-13/h3-7,12H,8-11H2,1-2H3,(H,19,23)(H2,18,20,21). The minimum atomic E-state index is -0.132. The van der Waals surface area contributed by atoms with E-state index >= 15 is 0 Å². The smallest absolute Gasteiger partial charge is 0.239 e. The average Bonchev–Trinajstić information content (AvgIpc) is 3.12. The highest BCUT2D eigenvalue weighted by molar-refractivity contribution is 5.86. The summed E-state index contributed by atoms with van der Waals surface area (Å²) in [5.74, 6) is 0.941. The molecule has 1 aromatic carbocycles.